The van der Waals surface area contributed by atoms with Crippen molar-refractivity contribution in [3.8, 4) is 0 Å². The van der Waals surface area contributed by atoms with Gasteiger partial charge in [0.15, 0.2) is 5.79 Å². The largest absolute Gasteiger partial charge is 0.347 e. The maximum absolute atomic E-state index is 5.73. The van der Waals surface area contributed by atoms with Crippen molar-refractivity contribution in [2.75, 3.05) is 18.5 Å². The molecule has 0 unspecified atom stereocenters. The Kier molecular flexibility index (Phi) is 3.78. The normalized spacial score (nSPS) is 19.3. The quantitative estimate of drug-likeness (QED) is 0.784. The lowest BCUT2D eigenvalue weighted by Gasteiger charge is -2.26. The molecule has 0 aromatic heterocycles. The highest BCUT2D eigenvalue weighted by Crippen LogP contribution is 2.28. The summed E-state index contributed by atoms with van der Waals surface area (Å²) in [4.78, 5) is 0. The third-order valence-corrected chi connectivity index (χ3v) is 3.00. The molecule has 2 rings (SSSR count). The average Bonchev–Trinajstić information content (AvgIpc) is 2.69. The fourth-order valence-corrected chi connectivity index (χ4v) is 2.49. The second-order valence-corrected chi connectivity index (χ2v) is 4.50. The van der Waals surface area contributed by atoms with E-state index < -0.39 is 5.79 Å². The molecule has 1 heterocycles. The van der Waals surface area contributed by atoms with Gasteiger partial charge in [0, 0.05) is 18.2 Å². The minimum absolute atomic E-state index is 0.398. The van der Waals surface area contributed by atoms with Crippen LogP contribution < -0.4 is 0 Å². The predicted octanol–water partition coefficient (Wildman–Crippen LogP) is 2.76. The number of hydrogen-bond acceptors (Lipinski definition) is 2. The highest BCUT2D eigenvalue weighted by Gasteiger charge is 2.35. The molecule has 0 N–H and O–H groups in total. The predicted molar refractivity (Wildman–Crippen MR) is 63.2 cm³/mol. The summed E-state index contributed by atoms with van der Waals surface area (Å²) in [5, 5.41) is 0.903. The lowest BCUT2D eigenvalue weighted by Crippen LogP contribution is -2.33. The topological polar surface area (TPSA) is 18.5 Å². The summed E-state index contributed by atoms with van der Waals surface area (Å²) in [5.74, 6) is -0.398. The van der Waals surface area contributed by atoms with E-state index >= 15 is 0 Å². The molecule has 82 valence electrons. The second-order valence-electron chi connectivity index (χ2n) is 3.71. The van der Waals surface area contributed by atoms with Crippen LogP contribution in [0.25, 0.3) is 0 Å². The molecule has 0 amide bonds. The molecule has 15 heavy (non-hydrogen) atoms. The zero-order valence-corrected chi connectivity index (χ0v) is 10.2. The fraction of sp³-hybridized carbons (Fsp3) is 0.500. The van der Waals surface area contributed by atoms with Crippen molar-refractivity contribution in [1.29, 1.82) is 0 Å². The van der Waals surface area contributed by atoms with E-state index in [0.717, 1.165) is 18.2 Å². The maximum atomic E-state index is 5.73. The summed E-state index contributed by atoms with van der Waals surface area (Å²) in [7, 11) is 0. The maximum Gasteiger partial charge on any atom is 0.173 e. The highest BCUT2D eigenvalue weighted by atomic mass is 79.9. The van der Waals surface area contributed by atoms with Crippen molar-refractivity contribution in [3.05, 3.63) is 35.9 Å². The molecule has 1 aromatic rings. The summed E-state index contributed by atoms with van der Waals surface area (Å²) < 4.78 is 11.5. The number of rotatable bonds is 4. The van der Waals surface area contributed by atoms with Gasteiger partial charge in [0.2, 0.25) is 0 Å². The van der Waals surface area contributed by atoms with Gasteiger partial charge in [-0.05, 0) is 5.56 Å². The minimum Gasteiger partial charge on any atom is -0.347 e. The van der Waals surface area contributed by atoms with Crippen molar-refractivity contribution in [3.63, 3.8) is 0 Å². The van der Waals surface area contributed by atoms with E-state index in [1.165, 1.54) is 5.56 Å². The van der Waals surface area contributed by atoms with Gasteiger partial charge in [0.25, 0.3) is 0 Å². The summed E-state index contributed by atoms with van der Waals surface area (Å²) in [6, 6.07) is 10.3. The number of benzene rings is 1. The van der Waals surface area contributed by atoms with E-state index in [1.807, 2.05) is 18.2 Å². The molecule has 3 heteroatoms. The molecule has 2 nitrogen and oxygen atoms in total. The van der Waals surface area contributed by atoms with Crippen molar-refractivity contribution < 1.29 is 9.47 Å². The Morgan fingerprint density at radius 1 is 1.13 bits per heavy atom. The lowest BCUT2D eigenvalue weighted by atomic mass is 10.0. The van der Waals surface area contributed by atoms with Crippen molar-refractivity contribution in [1.82, 2.24) is 0 Å². The fourth-order valence-electron chi connectivity index (χ4n) is 1.88. The highest BCUT2D eigenvalue weighted by molar-refractivity contribution is 9.09. The van der Waals surface area contributed by atoms with E-state index in [0.29, 0.717) is 13.2 Å². The van der Waals surface area contributed by atoms with Crippen LogP contribution in [0.3, 0.4) is 0 Å². The van der Waals surface area contributed by atoms with Crippen LogP contribution in [0, 0.1) is 0 Å². The average molecular weight is 271 g/mol. The summed E-state index contributed by atoms with van der Waals surface area (Å²) in [5.41, 5.74) is 1.26. The van der Waals surface area contributed by atoms with Crippen LogP contribution in [0.1, 0.15) is 12.0 Å². The molecule has 0 bridgehead atoms. The Morgan fingerprint density at radius 3 is 2.40 bits per heavy atom. The van der Waals surface area contributed by atoms with E-state index in [9.17, 15) is 0 Å². The van der Waals surface area contributed by atoms with Crippen LogP contribution in [0.4, 0.5) is 0 Å². The van der Waals surface area contributed by atoms with Crippen molar-refractivity contribution in [2.45, 2.75) is 18.6 Å². The standard InChI is InChI=1S/C12H15BrO2/c13-7-6-12(14-8-9-15-12)10-11-4-2-1-3-5-11/h1-5H,6-10H2. The van der Waals surface area contributed by atoms with Crippen LogP contribution in [0.15, 0.2) is 30.3 Å². The third kappa shape index (κ3) is 2.80. The van der Waals surface area contributed by atoms with Gasteiger partial charge in [0.05, 0.1) is 13.2 Å². The van der Waals surface area contributed by atoms with Gasteiger partial charge < -0.3 is 9.47 Å². The first-order valence-electron chi connectivity index (χ1n) is 5.22. The zero-order valence-electron chi connectivity index (χ0n) is 8.62. The first-order chi connectivity index (χ1) is 7.35. The monoisotopic (exact) mass is 270 g/mol. The molecular formula is C12H15BrO2. The van der Waals surface area contributed by atoms with E-state index in [4.69, 9.17) is 9.47 Å². The van der Waals surface area contributed by atoms with Gasteiger partial charge in [-0.15, -0.1) is 0 Å². The molecular weight excluding hydrogens is 256 g/mol. The van der Waals surface area contributed by atoms with Crippen molar-refractivity contribution in [2.24, 2.45) is 0 Å². The SMILES string of the molecule is BrCCC1(Cc2ccccc2)OCCO1. The molecule has 0 radical (unpaired) electrons. The molecule has 0 saturated carbocycles. The van der Waals surface area contributed by atoms with Gasteiger partial charge in [-0.25, -0.2) is 0 Å². The van der Waals surface area contributed by atoms with Crippen LogP contribution in [-0.2, 0) is 15.9 Å². The minimum atomic E-state index is -0.398. The zero-order chi connectivity index (χ0) is 10.6. The van der Waals surface area contributed by atoms with Gasteiger partial charge in [-0.1, -0.05) is 46.3 Å². The third-order valence-electron chi connectivity index (χ3n) is 2.61. The molecule has 1 saturated heterocycles. The Balaban J connectivity index is 2.07. The Morgan fingerprint density at radius 2 is 1.80 bits per heavy atom. The number of halogens is 1. The van der Waals surface area contributed by atoms with Gasteiger partial charge in [-0.3, -0.25) is 0 Å². The van der Waals surface area contributed by atoms with Gasteiger partial charge in [0.1, 0.15) is 0 Å². The Hall–Kier alpha value is -0.380. The van der Waals surface area contributed by atoms with Crippen LogP contribution in [0.2, 0.25) is 0 Å². The van der Waals surface area contributed by atoms with Crippen LogP contribution in [0.5, 0.6) is 0 Å². The number of alkyl halides is 1. The van der Waals surface area contributed by atoms with Crippen LogP contribution in [-0.4, -0.2) is 24.3 Å². The molecule has 1 aliphatic rings. The molecule has 1 aliphatic heterocycles. The first kappa shape index (κ1) is 11.1. The smallest absolute Gasteiger partial charge is 0.173 e. The lowest BCUT2D eigenvalue weighted by molar-refractivity contribution is -0.156. The second kappa shape index (κ2) is 5.10. The van der Waals surface area contributed by atoms with E-state index in [1.54, 1.807) is 0 Å². The first-order valence-corrected chi connectivity index (χ1v) is 6.35. The van der Waals surface area contributed by atoms with Crippen LogP contribution >= 0.6 is 15.9 Å². The Labute approximate surface area is 98.7 Å². The summed E-state index contributed by atoms with van der Waals surface area (Å²) >= 11 is 3.45. The van der Waals surface area contributed by atoms with Gasteiger partial charge in [-0.2, -0.15) is 0 Å². The van der Waals surface area contributed by atoms with Gasteiger partial charge >= 0.3 is 0 Å². The Bertz CT molecular complexity index is 294. The number of hydrogen-bond donors (Lipinski definition) is 0. The van der Waals surface area contributed by atoms with Crippen molar-refractivity contribution >= 4 is 15.9 Å². The molecule has 1 fully saturated rings. The number of ether oxygens (including phenoxy) is 2. The summed E-state index contributed by atoms with van der Waals surface area (Å²) in [6.45, 7) is 1.42. The summed E-state index contributed by atoms with van der Waals surface area (Å²) in [6.07, 6.45) is 1.72. The van der Waals surface area contributed by atoms with E-state index in [2.05, 4.69) is 28.1 Å². The molecule has 1 aromatic carbocycles. The molecule has 0 aliphatic carbocycles. The van der Waals surface area contributed by atoms with E-state index in [-0.39, 0.29) is 0 Å². The molecule has 0 spiro atoms. The molecule has 0 atom stereocenters.